The molecular formula is C60H43N. The van der Waals surface area contributed by atoms with Gasteiger partial charge in [0.15, 0.2) is 0 Å². The van der Waals surface area contributed by atoms with Crippen molar-refractivity contribution < 1.29 is 0 Å². The molecule has 0 aromatic heterocycles. The quantitative estimate of drug-likeness (QED) is 0.163. The fourth-order valence-electron chi connectivity index (χ4n) is 11.2. The molecule has 61 heavy (non-hydrogen) atoms. The van der Waals surface area contributed by atoms with Crippen LogP contribution in [-0.2, 0) is 10.8 Å². The van der Waals surface area contributed by atoms with E-state index in [9.17, 15) is 0 Å². The molecule has 288 valence electrons. The van der Waals surface area contributed by atoms with E-state index in [0.29, 0.717) is 0 Å². The average Bonchev–Trinajstić information content (AvgIpc) is 3.76. The van der Waals surface area contributed by atoms with Crippen LogP contribution in [0.15, 0.2) is 224 Å². The van der Waals surface area contributed by atoms with Gasteiger partial charge in [-0.3, -0.25) is 0 Å². The SMILES string of the molecule is CC1(C)c2ccccc2-c2c(-c3ccc(N(c4ccccc4)c4ccc(C5(c6ccccc6)c6ccccc6-c6ccccc65)cc4)c4ccccc34)cc3ccccc3c21. The lowest BCUT2D eigenvalue weighted by molar-refractivity contribution is 0.666. The van der Waals surface area contributed by atoms with Gasteiger partial charge in [0, 0.05) is 22.2 Å². The van der Waals surface area contributed by atoms with Gasteiger partial charge in [-0.25, -0.2) is 0 Å². The third-order valence-corrected chi connectivity index (χ3v) is 13.7. The maximum absolute atomic E-state index is 2.44. The molecule has 0 atom stereocenters. The molecule has 2 aliphatic rings. The Bertz CT molecular complexity index is 3280. The summed E-state index contributed by atoms with van der Waals surface area (Å²) in [6.07, 6.45) is 0. The Morgan fingerprint density at radius 3 is 1.54 bits per heavy atom. The van der Waals surface area contributed by atoms with Crippen molar-refractivity contribution in [1.82, 2.24) is 0 Å². The van der Waals surface area contributed by atoms with Crippen LogP contribution in [-0.4, -0.2) is 0 Å². The molecule has 0 fully saturated rings. The summed E-state index contributed by atoms with van der Waals surface area (Å²) < 4.78 is 0. The van der Waals surface area contributed by atoms with Crippen molar-refractivity contribution in [1.29, 1.82) is 0 Å². The molecule has 0 N–H and O–H groups in total. The Morgan fingerprint density at radius 2 is 0.852 bits per heavy atom. The number of hydrogen-bond acceptors (Lipinski definition) is 1. The van der Waals surface area contributed by atoms with Gasteiger partial charge in [-0.05, 0) is 119 Å². The molecule has 10 aromatic carbocycles. The van der Waals surface area contributed by atoms with Crippen molar-refractivity contribution in [2.45, 2.75) is 24.7 Å². The monoisotopic (exact) mass is 777 g/mol. The molecule has 0 saturated carbocycles. The third kappa shape index (κ3) is 5.08. The molecular weight excluding hydrogens is 735 g/mol. The third-order valence-electron chi connectivity index (χ3n) is 13.7. The van der Waals surface area contributed by atoms with E-state index < -0.39 is 5.41 Å². The van der Waals surface area contributed by atoms with E-state index in [2.05, 4.69) is 243 Å². The Morgan fingerprint density at radius 1 is 0.344 bits per heavy atom. The first kappa shape index (κ1) is 35.5. The van der Waals surface area contributed by atoms with Gasteiger partial charge in [-0.2, -0.15) is 0 Å². The molecule has 10 aromatic rings. The first-order valence-corrected chi connectivity index (χ1v) is 21.4. The van der Waals surface area contributed by atoms with E-state index >= 15 is 0 Å². The highest BCUT2D eigenvalue weighted by Gasteiger charge is 2.46. The van der Waals surface area contributed by atoms with Crippen LogP contribution >= 0.6 is 0 Å². The van der Waals surface area contributed by atoms with Crippen LogP contribution in [0, 0.1) is 0 Å². The van der Waals surface area contributed by atoms with Crippen LogP contribution in [0.1, 0.15) is 47.2 Å². The van der Waals surface area contributed by atoms with Crippen LogP contribution in [0.2, 0.25) is 0 Å². The summed E-state index contributed by atoms with van der Waals surface area (Å²) in [6.45, 7) is 4.79. The minimum absolute atomic E-state index is 0.130. The molecule has 0 spiro atoms. The van der Waals surface area contributed by atoms with E-state index in [1.165, 1.54) is 88.3 Å². The average molecular weight is 778 g/mol. The van der Waals surface area contributed by atoms with Crippen molar-refractivity contribution in [3.63, 3.8) is 0 Å². The van der Waals surface area contributed by atoms with Crippen molar-refractivity contribution in [3.05, 3.63) is 258 Å². The second-order valence-corrected chi connectivity index (χ2v) is 17.2. The van der Waals surface area contributed by atoms with Crippen LogP contribution in [0.3, 0.4) is 0 Å². The van der Waals surface area contributed by atoms with E-state index in [0.717, 1.165) is 17.1 Å². The minimum Gasteiger partial charge on any atom is -0.310 e. The lowest BCUT2D eigenvalue weighted by atomic mass is 9.68. The zero-order valence-corrected chi connectivity index (χ0v) is 34.3. The van der Waals surface area contributed by atoms with Crippen LogP contribution in [0.25, 0.3) is 54.9 Å². The van der Waals surface area contributed by atoms with Gasteiger partial charge in [0.2, 0.25) is 0 Å². The van der Waals surface area contributed by atoms with Crippen LogP contribution < -0.4 is 4.90 Å². The highest BCUT2D eigenvalue weighted by atomic mass is 15.1. The smallest absolute Gasteiger partial charge is 0.0713 e. The van der Waals surface area contributed by atoms with E-state index in [4.69, 9.17) is 0 Å². The molecule has 0 unspecified atom stereocenters. The number of nitrogens with zero attached hydrogens (tertiary/aromatic N) is 1. The number of benzene rings is 10. The molecule has 0 radical (unpaired) electrons. The minimum atomic E-state index is -0.452. The zero-order chi connectivity index (χ0) is 40.7. The molecule has 0 heterocycles. The summed E-state index contributed by atoms with van der Waals surface area (Å²) >= 11 is 0. The first-order chi connectivity index (χ1) is 30.0. The predicted octanol–water partition coefficient (Wildman–Crippen LogP) is 15.8. The summed E-state index contributed by atoms with van der Waals surface area (Å²) in [7, 11) is 0. The van der Waals surface area contributed by atoms with Gasteiger partial charge < -0.3 is 4.90 Å². The fraction of sp³-hybridized carbons (Fsp3) is 0.0667. The second-order valence-electron chi connectivity index (χ2n) is 17.2. The first-order valence-electron chi connectivity index (χ1n) is 21.4. The maximum atomic E-state index is 2.44. The normalized spacial score (nSPS) is 14.0. The van der Waals surface area contributed by atoms with Gasteiger partial charge in [-0.1, -0.05) is 202 Å². The van der Waals surface area contributed by atoms with Crippen molar-refractivity contribution in [3.8, 4) is 33.4 Å². The number of hydrogen-bond donors (Lipinski definition) is 0. The number of fused-ring (bicyclic) bond motifs is 9. The summed E-state index contributed by atoms with van der Waals surface area (Å²) in [4.78, 5) is 2.44. The zero-order valence-electron chi connectivity index (χ0n) is 34.3. The summed E-state index contributed by atoms with van der Waals surface area (Å²) in [5, 5.41) is 5.05. The molecule has 12 rings (SSSR count). The van der Waals surface area contributed by atoms with Crippen LogP contribution in [0.5, 0.6) is 0 Å². The summed E-state index contributed by atoms with van der Waals surface area (Å²) in [6, 6.07) is 83.3. The Hall–Kier alpha value is -7.48. The largest absolute Gasteiger partial charge is 0.310 e. The van der Waals surface area contributed by atoms with E-state index in [1.807, 2.05) is 0 Å². The standard InChI is InChI=1S/C60H43N/c1-59(2)53-30-16-15-29-51(53)57-52(39-40-19-9-10-24-45(40)58(57)59)47-37-38-56(50-28-12-11-25-46(47)50)61(43-22-7-4-8-23-43)44-35-33-42(34-36-44)60(41-20-5-3-6-21-41)54-31-17-13-26-48(54)49-27-14-18-32-55(49)60/h3-39H,1-2H3. The van der Waals surface area contributed by atoms with Gasteiger partial charge in [0.05, 0.1) is 11.1 Å². The summed E-state index contributed by atoms with van der Waals surface area (Å²) in [5.41, 5.74) is 18.6. The Balaban J connectivity index is 1.06. The van der Waals surface area contributed by atoms with Gasteiger partial charge >= 0.3 is 0 Å². The fourth-order valence-corrected chi connectivity index (χ4v) is 11.2. The molecule has 2 aliphatic carbocycles. The molecule has 0 saturated heterocycles. The summed E-state index contributed by atoms with van der Waals surface area (Å²) in [5.74, 6) is 0. The van der Waals surface area contributed by atoms with E-state index in [-0.39, 0.29) is 5.41 Å². The molecule has 1 nitrogen and oxygen atoms in total. The maximum Gasteiger partial charge on any atom is 0.0713 e. The highest BCUT2D eigenvalue weighted by Crippen LogP contribution is 2.58. The van der Waals surface area contributed by atoms with Crippen molar-refractivity contribution in [2.24, 2.45) is 0 Å². The lowest BCUT2D eigenvalue weighted by Crippen LogP contribution is -2.28. The van der Waals surface area contributed by atoms with Gasteiger partial charge in [-0.15, -0.1) is 0 Å². The van der Waals surface area contributed by atoms with Gasteiger partial charge in [0.25, 0.3) is 0 Å². The Labute approximate surface area is 357 Å². The van der Waals surface area contributed by atoms with E-state index in [1.54, 1.807) is 0 Å². The Kier molecular flexibility index (Phi) is 7.86. The predicted molar refractivity (Wildman–Crippen MR) is 256 cm³/mol. The van der Waals surface area contributed by atoms with Crippen LogP contribution in [0.4, 0.5) is 17.1 Å². The second kappa shape index (κ2) is 13.5. The topological polar surface area (TPSA) is 3.24 Å². The number of anilines is 3. The molecule has 0 aliphatic heterocycles. The number of para-hydroxylation sites is 1. The number of rotatable bonds is 6. The molecule has 0 bridgehead atoms. The van der Waals surface area contributed by atoms with Crippen molar-refractivity contribution >= 4 is 38.6 Å². The molecule has 1 heteroatoms. The van der Waals surface area contributed by atoms with Gasteiger partial charge in [0.1, 0.15) is 0 Å². The van der Waals surface area contributed by atoms with Crippen molar-refractivity contribution in [2.75, 3.05) is 4.90 Å². The highest BCUT2D eigenvalue weighted by molar-refractivity contribution is 6.12. The lowest BCUT2D eigenvalue weighted by Gasteiger charge is -2.34. The molecule has 0 amide bonds.